The highest BCUT2D eigenvalue weighted by Crippen LogP contribution is 2.31. The zero-order valence-corrected chi connectivity index (χ0v) is 19.3. The van der Waals surface area contributed by atoms with Crippen LogP contribution in [0.25, 0.3) is 0 Å². The Balaban J connectivity index is 0.00000300. The first-order valence-electron chi connectivity index (χ1n) is 10.00. The Labute approximate surface area is 190 Å². The molecule has 0 aliphatic carbocycles. The van der Waals surface area contributed by atoms with Crippen molar-refractivity contribution in [1.29, 1.82) is 0 Å². The van der Waals surface area contributed by atoms with E-state index in [9.17, 15) is 5.11 Å². The second-order valence-corrected chi connectivity index (χ2v) is 7.30. The number of hydrogen-bond acceptors (Lipinski definition) is 4. The van der Waals surface area contributed by atoms with Gasteiger partial charge in [0.2, 0.25) is 0 Å². The molecule has 0 spiro atoms. The monoisotopic (exact) mass is 513 g/mol. The van der Waals surface area contributed by atoms with Crippen molar-refractivity contribution in [2.75, 3.05) is 32.9 Å². The van der Waals surface area contributed by atoms with Gasteiger partial charge >= 0.3 is 0 Å². The molecule has 1 aromatic carbocycles. The third kappa shape index (κ3) is 6.97. The van der Waals surface area contributed by atoms with Gasteiger partial charge in [-0.25, -0.2) is 4.99 Å². The van der Waals surface area contributed by atoms with Gasteiger partial charge in [-0.2, -0.15) is 5.10 Å². The molecule has 160 valence electrons. The fourth-order valence-corrected chi connectivity index (χ4v) is 3.52. The smallest absolute Gasteiger partial charge is 0.191 e. The Morgan fingerprint density at radius 1 is 1.28 bits per heavy atom. The van der Waals surface area contributed by atoms with Crippen LogP contribution in [0.15, 0.2) is 47.7 Å². The van der Waals surface area contributed by atoms with E-state index < -0.39 is 0 Å². The second kappa shape index (κ2) is 12.1. The number of rotatable bonds is 9. The highest BCUT2D eigenvalue weighted by atomic mass is 127. The van der Waals surface area contributed by atoms with Crippen molar-refractivity contribution in [2.24, 2.45) is 10.4 Å². The highest BCUT2D eigenvalue weighted by molar-refractivity contribution is 14.0. The number of nitrogens with zero attached hydrogens (tertiary/aromatic N) is 3. The Kier molecular flexibility index (Phi) is 9.89. The van der Waals surface area contributed by atoms with Crippen molar-refractivity contribution in [1.82, 2.24) is 20.4 Å². The number of aliphatic imine (C=N–C) groups is 1. The van der Waals surface area contributed by atoms with E-state index in [1.807, 2.05) is 29.1 Å². The largest absolute Gasteiger partial charge is 0.396 e. The van der Waals surface area contributed by atoms with Crippen LogP contribution < -0.4 is 10.6 Å². The minimum Gasteiger partial charge on any atom is -0.396 e. The second-order valence-electron chi connectivity index (χ2n) is 7.30. The summed E-state index contributed by atoms with van der Waals surface area (Å²) in [6.45, 7) is 6.56. The summed E-state index contributed by atoms with van der Waals surface area (Å²) in [6.07, 6.45) is 5.47. The molecule has 0 radical (unpaired) electrons. The Hall–Kier alpha value is -1.65. The van der Waals surface area contributed by atoms with Crippen LogP contribution in [0.5, 0.6) is 0 Å². The summed E-state index contributed by atoms with van der Waals surface area (Å²) in [5.41, 5.74) is 2.39. The molecule has 0 bridgehead atoms. The summed E-state index contributed by atoms with van der Waals surface area (Å²) < 4.78 is 7.50. The van der Waals surface area contributed by atoms with E-state index in [2.05, 4.69) is 34.8 Å². The molecular formula is C21H32IN5O2. The maximum atomic E-state index is 9.41. The lowest BCUT2D eigenvalue weighted by molar-refractivity contribution is 0.127. The van der Waals surface area contributed by atoms with Crippen molar-refractivity contribution in [2.45, 2.75) is 32.9 Å². The summed E-state index contributed by atoms with van der Waals surface area (Å²) in [4.78, 5) is 4.79. The predicted molar refractivity (Wildman–Crippen MR) is 126 cm³/mol. The molecule has 3 N–H and O–H groups in total. The molecule has 1 saturated heterocycles. The Bertz CT molecular complexity index is 745. The van der Waals surface area contributed by atoms with Crippen molar-refractivity contribution in [3.8, 4) is 0 Å². The average Bonchev–Trinajstić information content (AvgIpc) is 3.38. The van der Waals surface area contributed by atoms with Crippen LogP contribution in [0.4, 0.5) is 0 Å². The molecule has 1 fully saturated rings. The maximum Gasteiger partial charge on any atom is 0.191 e. The number of nitrogens with one attached hydrogen (secondary N) is 2. The molecule has 29 heavy (non-hydrogen) atoms. The van der Waals surface area contributed by atoms with E-state index in [0.29, 0.717) is 13.2 Å². The van der Waals surface area contributed by atoms with Gasteiger partial charge in [0, 0.05) is 44.1 Å². The molecular weight excluding hydrogens is 481 g/mol. The molecule has 1 aliphatic heterocycles. The minimum atomic E-state index is -0.0110. The molecule has 2 heterocycles. The number of hydrogen-bond donors (Lipinski definition) is 3. The zero-order chi connectivity index (χ0) is 19.7. The number of aliphatic hydroxyl groups is 1. The molecule has 1 atom stereocenters. The fraction of sp³-hybridized carbons (Fsp3) is 0.524. The lowest BCUT2D eigenvalue weighted by Crippen LogP contribution is -2.44. The SMILES string of the molecule is CCNC(=NCc1ccccc1Cn1cccn1)NCC1(CCO)CCOC1.I. The summed E-state index contributed by atoms with van der Waals surface area (Å²) in [5, 5.41) is 20.5. The topological polar surface area (TPSA) is 83.7 Å². The number of ether oxygens (including phenoxy) is 1. The molecule has 1 aromatic heterocycles. The van der Waals surface area contributed by atoms with E-state index >= 15 is 0 Å². The molecule has 3 rings (SSSR count). The standard InChI is InChI=1S/C21H31N5O2.HI/c1-2-22-20(24-16-21(8-12-27)9-13-28-17-21)23-14-18-6-3-4-7-19(18)15-26-11-5-10-25-26;/h3-7,10-11,27H,2,8-9,12-17H2,1H3,(H2,22,23,24);1H. The predicted octanol–water partition coefficient (Wildman–Crippen LogP) is 2.39. The lowest BCUT2D eigenvalue weighted by Gasteiger charge is -2.27. The van der Waals surface area contributed by atoms with Gasteiger partial charge in [0.25, 0.3) is 0 Å². The quantitative estimate of drug-likeness (QED) is 0.273. The molecule has 7 nitrogen and oxygen atoms in total. The minimum absolute atomic E-state index is 0. The summed E-state index contributed by atoms with van der Waals surface area (Å²) in [6, 6.07) is 10.3. The lowest BCUT2D eigenvalue weighted by atomic mass is 9.84. The van der Waals surface area contributed by atoms with Crippen LogP contribution in [0.1, 0.15) is 30.9 Å². The van der Waals surface area contributed by atoms with Gasteiger partial charge in [-0.15, -0.1) is 24.0 Å². The van der Waals surface area contributed by atoms with Gasteiger partial charge in [-0.05, 0) is 37.0 Å². The number of benzene rings is 1. The van der Waals surface area contributed by atoms with E-state index in [4.69, 9.17) is 9.73 Å². The van der Waals surface area contributed by atoms with Gasteiger partial charge in [0.1, 0.15) is 0 Å². The van der Waals surface area contributed by atoms with Gasteiger partial charge < -0.3 is 20.5 Å². The van der Waals surface area contributed by atoms with Crippen molar-refractivity contribution >= 4 is 29.9 Å². The van der Waals surface area contributed by atoms with Crippen LogP contribution in [-0.2, 0) is 17.8 Å². The normalized spacial score (nSPS) is 19.0. The highest BCUT2D eigenvalue weighted by Gasteiger charge is 2.34. The van der Waals surface area contributed by atoms with Crippen LogP contribution in [0.3, 0.4) is 0 Å². The Morgan fingerprint density at radius 2 is 2.10 bits per heavy atom. The molecule has 2 aromatic rings. The van der Waals surface area contributed by atoms with Crippen molar-refractivity contribution in [3.63, 3.8) is 0 Å². The number of aliphatic hydroxyl groups excluding tert-OH is 1. The molecule has 1 aliphatic rings. The summed E-state index contributed by atoms with van der Waals surface area (Å²) in [5.74, 6) is 0.792. The summed E-state index contributed by atoms with van der Waals surface area (Å²) in [7, 11) is 0. The molecule has 8 heteroatoms. The number of guanidine groups is 1. The number of halogens is 1. The van der Waals surface area contributed by atoms with Crippen LogP contribution in [0, 0.1) is 5.41 Å². The first-order chi connectivity index (χ1) is 13.7. The van der Waals surface area contributed by atoms with Crippen LogP contribution >= 0.6 is 24.0 Å². The van der Waals surface area contributed by atoms with Crippen LogP contribution in [-0.4, -0.2) is 53.8 Å². The number of aromatic nitrogens is 2. The Morgan fingerprint density at radius 3 is 2.76 bits per heavy atom. The van der Waals surface area contributed by atoms with E-state index in [0.717, 1.165) is 45.0 Å². The van der Waals surface area contributed by atoms with Gasteiger partial charge in [0.05, 0.1) is 19.7 Å². The maximum absolute atomic E-state index is 9.41. The summed E-state index contributed by atoms with van der Waals surface area (Å²) >= 11 is 0. The van der Waals surface area contributed by atoms with Gasteiger partial charge in [-0.3, -0.25) is 4.68 Å². The van der Waals surface area contributed by atoms with Crippen molar-refractivity contribution < 1.29 is 9.84 Å². The molecule has 0 amide bonds. The van der Waals surface area contributed by atoms with Gasteiger partial charge in [-0.1, -0.05) is 24.3 Å². The zero-order valence-electron chi connectivity index (χ0n) is 17.0. The fourth-order valence-electron chi connectivity index (χ4n) is 3.52. The van der Waals surface area contributed by atoms with Gasteiger partial charge in [0.15, 0.2) is 5.96 Å². The van der Waals surface area contributed by atoms with E-state index in [1.165, 1.54) is 11.1 Å². The molecule has 0 saturated carbocycles. The van der Waals surface area contributed by atoms with E-state index in [-0.39, 0.29) is 36.0 Å². The van der Waals surface area contributed by atoms with Crippen LogP contribution in [0.2, 0.25) is 0 Å². The first-order valence-corrected chi connectivity index (χ1v) is 10.00. The van der Waals surface area contributed by atoms with Crippen molar-refractivity contribution in [3.05, 3.63) is 53.9 Å². The van der Waals surface area contributed by atoms with E-state index in [1.54, 1.807) is 6.20 Å². The third-order valence-electron chi connectivity index (χ3n) is 5.22. The first kappa shape index (κ1) is 23.6. The third-order valence-corrected chi connectivity index (χ3v) is 5.22. The molecule has 1 unspecified atom stereocenters. The average molecular weight is 513 g/mol.